The molecule has 1 aliphatic carbocycles. The average molecular weight is 475 g/mol. The summed E-state index contributed by atoms with van der Waals surface area (Å²) in [5.41, 5.74) is 1.51. The van der Waals surface area contributed by atoms with E-state index in [4.69, 9.17) is 9.15 Å². The van der Waals surface area contributed by atoms with Gasteiger partial charge in [0.1, 0.15) is 12.0 Å². The van der Waals surface area contributed by atoms with E-state index in [0.29, 0.717) is 28.7 Å². The molecule has 33 heavy (non-hydrogen) atoms. The molecule has 0 spiro atoms. The molecule has 2 atom stereocenters. The number of likely N-dealkylation sites (tertiary alicyclic amines) is 1. The fourth-order valence-corrected chi connectivity index (χ4v) is 7.17. The SMILES string of the molecule is COc1cc(C)c(S(=O)(=O)N(Cc2nc(C(=O)N3CC4CNCC4C3)co2)C2CC2)c(C)c1. The van der Waals surface area contributed by atoms with E-state index in [1.54, 1.807) is 33.1 Å². The Morgan fingerprint density at radius 1 is 1.21 bits per heavy atom. The van der Waals surface area contributed by atoms with E-state index in [9.17, 15) is 13.2 Å². The average Bonchev–Trinajstić information content (AvgIpc) is 3.15. The highest BCUT2D eigenvalue weighted by Crippen LogP contribution is 2.36. The van der Waals surface area contributed by atoms with Gasteiger partial charge in [-0.3, -0.25) is 4.79 Å². The Morgan fingerprint density at radius 2 is 1.85 bits per heavy atom. The Kier molecular flexibility index (Phi) is 5.70. The smallest absolute Gasteiger partial charge is 0.275 e. The van der Waals surface area contributed by atoms with Crippen LogP contribution in [0.1, 0.15) is 40.3 Å². The van der Waals surface area contributed by atoms with E-state index in [1.807, 2.05) is 4.90 Å². The summed E-state index contributed by atoms with van der Waals surface area (Å²) in [4.78, 5) is 19.4. The van der Waals surface area contributed by atoms with Crippen LogP contribution in [0.3, 0.4) is 0 Å². The summed E-state index contributed by atoms with van der Waals surface area (Å²) < 4.78 is 39.6. The van der Waals surface area contributed by atoms with E-state index < -0.39 is 10.0 Å². The molecule has 1 amide bonds. The summed E-state index contributed by atoms with van der Waals surface area (Å²) in [7, 11) is -2.22. The van der Waals surface area contributed by atoms with Crippen LogP contribution in [0.15, 0.2) is 27.7 Å². The molecule has 178 valence electrons. The van der Waals surface area contributed by atoms with Crippen LogP contribution in [0.2, 0.25) is 0 Å². The number of fused-ring (bicyclic) bond motifs is 1. The normalized spacial score (nSPS) is 22.7. The number of nitrogens with zero attached hydrogens (tertiary/aromatic N) is 3. The van der Waals surface area contributed by atoms with E-state index in [0.717, 1.165) is 39.0 Å². The third-order valence-electron chi connectivity index (χ3n) is 6.93. The predicted octanol–water partition coefficient (Wildman–Crippen LogP) is 1.94. The molecule has 0 radical (unpaired) electrons. The van der Waals surface area contributed by atoms with Gasteiger partial charge in [-0.1, -0.05) is 0 Å². The quantitative estimate of drug-likeness (QED) is 0.654. The van der Waals surface area contributed by atoms with Gasteiger partial charge in [0, 0.05) is 32.2 Å². The van der Waals surface area contributed by atoms with Crippen molar-refractivity contribution in [3.8, 4) is 5.75 Å². The number of rotatable bonds is 7. The van der Waals surface area contributed by atoms with E-state index in [2.05, 4.69) is 10.3 Å². The van der Waals surface area contributed by atoms with E-state index in [-0.39, 0.29) is 35.0 Å². The van der Waals surface area contributed by atoms with Crippen LogP contribution in [-0.4, -0.2) is 67.8 Å². The van der Waals surface area contributed by atoms with Gasteiger partial charge in [0.25, 0.3) is 5.91 Å². The van der Waals surface area contributed by atoms with E-state index >= 15 is 0 Å². The zero-order valence-electron chi connectivity index (χ0n) is 19.2. The highest BCUT2D eigenvalue weighted by atomic mass is 32.2. The van der Waals surface area contributed by atoms with Crippen LogP contribution in [-0.2, 0) is 16.6 Å². The molecule has 3 heterocycles. The lowest BCUT2D eigenvalue weighted by atomic mass is 10.0. The highest BCUT2D eigenvalue weighted by molar-refractivity contribution is 7.89. The molecule has 1 aromatic carbocycles. The number of hydrogen-bond donors (Lipinski definition) is 1. The topological polar surface area (TPSA) is 105 Å². The number of oxazole rings is 1. The lowest BCUT2D eigenvalue weighted by molar-refractivity contribution is 0.0775. The molecule has 0 bridgehead atoms. The van der Waals surface area contributed by atoms with Gasteiger partial charge < -0.3 is 19.4 Å². The summed E-state index contributed by atoms with van der Waals surface area (Å²) in [6, 6.07) is 3.37. The van der Waals surface area contributed by atoms with Gasteiger partial charge in [-0.05, 0) is 61.8 Å². The number of hydrogen-bond acceptors (Lipinski definition) is 7. The Labute approximate surface area is 194 Å². The van der Waals surface area contributed by atoms with Crippen molar-refractivity contribution in [3.05, 3.63) is 41.1 Å². The second kappa shape index (κ2) is 8.41. The number of sulfonamides is 1. The Hall–Kier alpha value is -2.43. The molecule has 2 aromatic rings. The van der Waals surface area contributed by atoms with Crippen molar-refractivity contribution < 1.29 is 22.4 Å². The van der Waals surface area contributed by atoms with Gasteiger partial charge in [0.15, 0.2) is 5.69 Å². The summed E-state index contributed by atoms with van der Waals surface area (Å²) >= 11 is 0. The number of ether oxygens (including phenoxy) is 1. The standard InChI is InChI=1S/C23H30N4O5S/c1-14-6-19(31-3)7-15(2)22(14)33(29,30)27(18-4-5-18)12-21-25-20(13-32-21)23(28)26-10-16-8-24-9-17(16)11-26/h6-7,13,16-18,24H,4-5,8-12H2,1-3H3. The van der Waals surface area contributed by atoms with Crippen LogP contribution in [0.4, 0.5) is 0 Å². The Morgan fingerprint density at radius 3 is 2.42 bits per heavy atom. The first kappa shape index (κ1) is 22.4. The minimum Gasteiger partial charge on any atom is -0.497 e. The van der Waals surface area contributed by atoms with Gasteiger partial charge in [-0.15, -0.1) is 0 Å². The Bertz CT molecular complexity index is 1140. The molecule has 2 unspecified atom stereocenters. The minimum absolute atomic E-state index is 0.000356. The number of aromatic nitrogens is 1. The number of carbonyl (C=O) groups excluding carboxylic acids is 1. The largest absolute Gasteiger partial charge is 0.497 e. The third kappa shape index (κ3) is 4.15. The molecule has 2 saturated heterocycles. The molecule has 1 saturated carbocycles. The summed E-state index contributed by atoms with van der Waals surface area (Å²) in [6.45, 7) is 6.87. The number of amides is 1. The Balaban J connectivity index is 1.36. The third-order valence-corrected chi connectivity index (χ3v) is 9.13. The van der Waals surface area contributed by atoms with Crippen molar-refractivity contribution in [1.82, 2.24) is 19.5 Å². The summed E-state index contributed by atoms with van der Waals surface area (Å²) in [5, 5.41) is 3.37. The molecule has 1 N–H and O–H groups in total. The first-order chi connectivity index (χ1) is 15.8. The highest BCUT2D eigenvalue weighted by Gasteiger charge is 2.41. The van der Waals surface area contributed by atoms with Crippen molar-refractivity contribution in [2.45, 2.75) is 44.2 Å². The van der Waals surface area contributed by atoms with Gasteiger partial charge in [-0.2, -0.15) is 4.31 Å². The molecule has 10 heteroatoms. The first-order valence-electron chi connectivity index (χ1n) is 11.4. The van der Waals surface area contributed by atoms with Crippen LogP contribution >= 0.6 is 0 Å². The number of carbonyl (C=O) groups is 1. The number of aryl methyl sites for hydroxylation is 2. The van der Waals surface area contributed by atoms with Gasteiger partial charge in [-0.25, -0.2) is 13.4 Å². The molecule has 5 rings (SSSR count). The van der Waals surface area contributed by atoms with Crippen LogP contribution < -0.4 is 10.1 Å². The van der Waals surface area contributed by atoms with Crippen LogP contribution in [0, 0.1) is 25.7 Å². The number of benzene rings is 1. The van der Waals surface area contributed by atoms with E-state index in [1.165, 1.54) is 10.6 Å². The molecular weight excluding hydrogens is 444 g/mol. The monoisotopic (exact) mass is 474 g/mol. The zero-order valence-corrected chi connectivity index (χ0v) is 20.0. The summed E-state index contributed by atoms with van der Waals surface area (Å²) in [5.74, 6) is 1.69. The second-order valence-electron chi connectivity index (χ2n) is 9.39. The molecule has 9 nitrogen and oxygen atoms in total. The lowest BCUT2D eigenvalue weighted by Gasteiger charge is -2.23. The molecule has 3 fully saturated rings. The van der Waals surface area contributed by atoms with Gasteiger partial charge in [0.2, 0.25) is 15.9 Å². The molecule has 3 aliphatic rings. The van der Waals surface area contributed by atoms with Crippen molar-refractivity contribution in [2.75, 3.05) is 33.3 Å². The minimum atomic E-state index is -3.78. The molecule has 1 aromatic heterocycles. The van der Waals surface area contributed by atoms with Crippen LogP contribution in [0.25, 0.3) is 0 Å². The predicted molar refractivity (Wildman–Crippen MR) is 120 cm³/mol. The number of nitrogens with one attached hydrogen (secondary N) is 1. The van der Waals surface area contributed by atoms with Crippen molar-refractivity contribution in [2.24, 2.45) is 11.8 Å². The number of methoxy groups -OCH3 is 1. The van der Waals surface area contributed by atoms with Crippen molar-refractivity contribution >= 4 is 15.9 Å². The molecular formula is C23H30N4O5S. The van der Waals surface area contributed by atoms with Gasteiger partial charge in [0.05, 0.1) is 18.6 Å². The fourth-order valence-electron chi connectivity index (χ4n) is 5.12. The maximum atomic E-state index is 13.7. The fraction of sp³-hybridized carbons (Fsp3) is 0.565. The zero-order chi connectivity index (χ0) is 23.3. The maximum Gasteiger partial charge on any atom is 0.275 e. The van der Waals surface area contributed by atoms with Crippen molar-refractivity contribution in [1.29, 1.82) is 0 Å². The second-order valence-corrected chi connectivity index (χ2v) is 11.2. The summed E-state index contributed by atoms with van der Waals surface area (Å²) in [6.07, 6.45) is 2.95. The maximum absolute atomic E-state index is 13.7. The first-order valence-corrected chi connectivity index (χ1v) is 12.8. The van der Waals surface area contributed by atoms with Gasteiger partial charge >= 0.3 is 0 Å². The lowest BCUT2D eigenvalue weighted by Crippen LogP contribution is -2.34. The van der Waals surface area contributed by atoms with Crippen molar-refractivity contribution in [3.63, 3.8) is 0 Å². The molecule has 2 aliphatic heterocycles. The van der Waals surface area contributed by atoms with Crippen LogP contribution in [0.5, 0.6) is 5.75 Å².